The normalized spacial score (nSPS) is 14.6. The zero-order chi connectivity index (χ0) is 29.7. The smallest absolute Gasteiger partial charge is 0.223 e. The number of benzene rings is 4. The van der Waals surface area contributed by atoms with Crippen LogP contribution in [0.15, 0.2) is 103 Å². The molecule has 7 rings (SSSR count). The summed E-state index contributed by atoms with van der Waals surface area (Å²) in [5.74, 6) is 1.82. The minimum Gasteiger partial charge on any atom is -0.361 e. The van der Waals surface area contributed by atoms with Crippen molar-refractivity contribution in [3.63, 3.8) is 0 Å². The number of rotatable bonds is 10. The number of piperidine rings is 1. The van der Waals surface area contributed by atoms with Crippen LogP contribution in [0.1, 0.15) is 47.2 Å². The molecule has 44 heavy (non-hydrogen) atoms. The number of para-hydroxylation sites is 1. The van der Waals surface area contributed by atoms with Gasteiger partial charge < -0.3 is 20.2 Å². The third-order valence-electron chi connectivity index (χ3n) is 8.98. The predicted octanol–water partition coefficient (Wildman–Crippen LogP) is 6.15. The van der Waals surface area contributed by atoms with Gasteiger partial charge in [-0.25, -0.2) is 0 Å². The van der Waals surface area contributed by atoms with E-state index in [0.29, 0.717) is 13.0 Å². The van der Waals surface area contributed by atoms with E-state index < -0.39 is 0 Å². The van der Waals surface area contributed by atoms with Crippen LogP contribution in [0, 0.1) is 5.92 Å². The molecule has 1 amide bonds. The molecule has 4 aromatic carbocycles. The van der Waals surface area contributed by atoms with Gasteiger partial charge in [0, 0.05) is 35.9 Å². The highest BCUT2D eigenvalue weighted by Crippen LogP contribution is 2.28. The van der Waals surface area contributed by atoms with Gasteiger partial charge in [-0.05, 0) is 65.9 Å². The van der Waals surface area contributed by atoms with E-state index in [-0.39, 0.29) is 17.9 Å². The van der Waals surface area contributed by atoms with Crippen LogP contribution in [-0.2, 0) is 30.6 Å². The molecule has 0 bridgehead atoms. The number of fused-ring (bicyclic) bond motifs is 2. The largest absolute Gasteiger partial charge is 0.361 e. The maximum Gasteiger partial charge on any atom is 0.223 e. The van der Waals surface area contributed by atoms with Crippen LogP contribution in [0.3, 0.4) is 0 Å². The van der Waals surface area contributed by atoms with E-state index in [4.69, 9.17) is 10.2 Å². The van der Waals surface area contributed by atoms with Crippen LogP contribution in [0.4, 0.5) is 0 Å². The summed E-state index contributed by atoms with van der Waals surface area (Å²) in [5, 5.41) is 20.0. The Morgan fingerprint density at radius 2 is 1.57 bits per heavy atom. The van der Waals surface area contributed by atoms with Crippen molar-refractivity contribution in [2.45, 2.75) is 44.7 Å². The Hall–Kier alpha value is -4.75. The van der Waals surface area contributed by atoms with Crippen molar-refractivity contribution in [2.75, 3.05) is 13.1 Å². The maximum absolute atomic E-state index is 13.7. The first-order chi connectivity index (χ1) is 21.7. The minimum absolute atomic E-state index is 0.00583. The van der Waals surface area contributed by atoms with E-state index in [0.717, 1.165) is 66.9 Å². The first-order valence-corrected chi connectivity index (χ1v) is 15.7. The number of nitrogens with zero attached hydrogens (tertiary/aromatic N) is 3. The van der Waals surface area contributed by atoms with Crippen LogP contribution in [0.25, 0.3) is 21.7 Å². The van der Waals surface area contributed by atoms with Gasteiger partial charge in [-0.15, -0.1) is 10.2 Å². The van der Waals surface area contributed by atoms with E-state index in [1.807, 2.05) is 12.1 Å². The van der Waals surface area contributed by atoms with Gasteiger partial charge in [0.25, 0.3) is 0 Å². The van der Waals surface area contributed by atoms with Gasteiger partial charge in [0.15, 0.2) is 5.82 Å². The van der Waals surface area contributed by atoms with Gasteiger partial charge >= 0.3 is 0 Å². The summed E-state index contributed by atoms with van der Waals surface area (Å²) in [6.07, 6.45) is 5.99. The number of carbonyl (C=O) groups excluding carboxylic acids is 1. The van der Waals surface area contributed by atoms with Gasteiger partial charge in [-0.3, -0.25) is 4.79 Å². The molecule has 3 heterocycles. The highest BCUT2D eigenvalue weighted by atomic mass is 16.2. The van der Waals surface area contributed by atoms with Crippen LogP contribution in [-0.4, -0.2) is 38.7 Å². The first kappa shape index (κ1) is 28.0. The molecule has 7 heteroatoms. The minimum atomic E-state index is -0.329. The third-order valence-corrected chi connectivity index (χ3v) is 8.98. The number of carbonyl (C=O) groups is 1. The molecule has 0 radical (unpaired) electrons. The molecule has 1 aliphatic rings. The van der Waals surface area contributed by atoms with Crippen molar-refractivity contribution in [3.8, 4) is 0 Å². The number of H-pyrrole nitrogens is 1. The fourth-order valence-corrected chi connectivity index (χ4v) is 6.57. The Bertz CT molecular complexity index is 1860. The average Bonchev–Trinajstić information content (AvgIpc) is 3.68. The van der Waals surface area contributed by atoms with E-state index >= 15 is 0 Å². The summed E-state index contributed by atoms with van der Waals surface area (Å²) < 4.78 is 2.26. The molecule has 222 valence electrons. The van der Waals surface area contributed by atoms with Gasteiger partial charge in [0.05, 0.1) is 12.6 Å². The topological polar surface area (TPSA) is 87.6 Å². The van der Waals surface area contributed by atoms with Crippen molar-refractivity contribution < 1.29 is 4.79 Å². The molecule has 0 saturated carbocycles. The zero-order valence-electron chi connectivity index (χ0n) is 24.9. The fraction of sp³-hybridized carbons (Fsp3) is 0.270. The van der Waals surface area contributed by atoms with Crippen molar-refractivity contribution in [1.82, 2.24) is 30.4 Å². The molecule has 1 unspecified atom stereocenters. The summed E-state index contributed by atoms with van der Waals surface area (Å²) in [7, 11) is 0. The predicted molar refractivity (Wildman–Crippen MR) is 175 cm³/mol. The molecule has 1 atom stereocenters. The Kier molecular flexibility index (Phi) is 8.20. The highest BCUT2D eigenvalue weighted by Gasteiger charge is 2.28. The van der Waals surface area contributed by atoms with Crippen molar-refractivity contribution >= 4 is 27.6 Å². The first-order valence-electron chi connectivity index (χ1n) is 15.7. The number of hydrogen-bond acceptors (Lipinski definition) is 4. The van der Waals surface area contributed by atoms with Gasteiger partial charge in [0.2, 0.25) is 5.91 Å². The van der Waals surface area contributed by atoms with Crippen molar-refractivity contribution in [1.29, 1.82) is 0 Å². The monoisotopic (exact) mass is 582 g/mol. The molecule has 2 aromatic heterocycles. The molecule has 6 aromatic rings. The quantitative estimate of drug-likeness (QED) is 0.181. The Morgan fingerprint density at radius 1 is 0.818 bits per heavy atom. The fourth-order valence-electron chi connectivity index (χ4n) is 6.57. The lowest BCUT2D eigenvalue weighted by Crippen LogP contribution is -2.41. The molecule has 1 aliphatic heterocycles. The van der Waals surface area contributed by atoms with E-state index in [9.17, 15) is 4.79 Å². The number of amides is 1. The van der Waals surface area contributed by atoms with Crippen LogP contribution in [0.2, 0.25) is 0 Å². The molecule has 0 spiro atoms. The second-order valence-electron chi connectivity index (χ2n) is 11.8. The number of aromatic nitrogens is 4. The van der Waals surface area contributed by atoms with Gasteiger partial charge in [-0.2, -0.15) is 0 Å². The van der Waals surface area contributed by atoms with Gasteiger partial charge in [-0.1, -0.05) is 91.0 Å². The van der Waals surface area contributed by atoms with E-state index in [2.05, 4.69) is 111 Å². The Labute approximate surface area is 257 Å². The standard InChI is InChI=1S/C37H38N6O/c44-37(28-19-21-38-22-20-28)40-34(23-30-24-39-33-16-7-6-15-32(30)33)36-42-41-35(18-17-26-9-2-1-3-10-26)43(36)25-29-13-8-12-27-11-4-5-14-31(27)29/h1-16,24,28,34,38-39H,17-23,25H2,(H,40,44). The summed E-state index contributed by atoms with van der Waals surface area (Å²) >= 11 is 0. The number of aryl methyl sites for hydroxylation is 2. The highest BCUT2D eigenvalue weighted by molar-refractivity contribution is 5.86. The second kappa shape index (κ2) is 12.9. The third kappa shape index (κ3) is 6.01. The summed E-state index contributed by atoms with van der Waals surface area (Å²) in [6.45, 7) is 2.36. The molecular formula is C37H38N6O. The summed E-state index contributed by atoms with van der Waals surface area (Å²) in [4.78, 5) is 17.1. The Morgan fingerprint density at radius 3 is 2.43 bits per heavy atom. The molecule has 0 aliphatic carbocycles. The summed E-state index contributed by atoms with van der Waals surface area (Å²) in [5.41, 5.74) is 4.72. The molecular weight excluding hydrogens is 544 g/mol. The Balaban J connectivity index is 1.28. The lowest BCUT2D eigenvalue weighted by molar-refractivity contribution is -0.126. The lowest BCUT2D eigenvalue weighted by Gasteiger charge is -2.26. The molecule has 3 N–H and O–H groups in total. The van der Waals surface area contributed by atoms with Crippen molar-refractivity contribution in [2.24, 2.45) is 5.92 Å². The SMILES string of the molecule is O=C(NC(Cc1c[nH]c2ccccc12)c1nnc(CCc2ccccc2)n1Cc1cccc2ccccc12)C1CCNCC1. The summed E-state index contributed by atoms with van der Waals surface area (Å²) in [6, 6.07) is 33.5. The van der Waals surface area contributed by atoms with E-state index in [1.54, 1.807) is 0 Å². The van der Waals surface area contributed by atoms with Crippen LogP contribution in [0.5, 0.6) is 0 Å². The van der Waals surface area contributed by atoms with E-state index in [1.165, 1.54) is 21.9 Å². The van der Waals surface area contributed by atoms with Crippen LogP contribution >= 0.6 is 0 Å². The maximum atomic E-state index is 13.7. The van der Waals surface area contributed by atoms with Crippen molar-refractivity contribution in [3.05, 3.63) is 132 Å². The van der Waals surface area contributed by atoms with Gasteiger partial charge in [0.1, 0.15) is 5.82 Å². The number of hydrogen-bond donors (Lipinski definition) is 3. The lowest BCUT2D eigenvalue weighted by atomic mass is 9.96. The number of aromatic amines is 1. The molecule has 1 saturated heterocycles. The zero-order valence-corrected chi connectivity index (χ0v) is 24.9. The van der Waals surface area contributed by atoms with Crippen LogP contribution < -0.4 is 10.6 Å². The average molecular weight is 583 g/mol. The second-order valence-corrected chi connectivity index (χ2v) is 11.8. The molecule has 1 fully saturated rings. The number of nitrogens with one attached hydrogen (secondary N) is 3. The molecule has 7 nitrogen and oxygen atoms in total.